The van der Waals surface area contributed by atoms with Crippen molar-refractivity contribution in [2.45, 2.75) is 50.5 Å². The molecule has 1 N–H and O–H groups in total. The number of ether oxygens (including phenoxy) is 2. The van der Waals surface area contributed by atoms with E-state index >= 15 is 0 Å². The summed E-state index contributed by atoms with van der Waals surface area (Å²) in [5.74, 6) is 2.22. The maximum Gasteiger partial charge on any atom is 0.231 e. The molecule has 4 aliphatic rings. The fourth-order valence-corrected chi connectivity index (χ4v) is 5.32. The normalized spacial score (nSPS) is 23.9. The van der Waals surface area contributed by atoms with Gasteiger partial charge in [-0.25, -0.2) is 0 Å². The van der Waals surface area contributed by atoms with Gasteiger partial charge in [0.25, 0.3) is 0 Å². The molecule has 0 saturated carbocycles. The van der Waals surface area contributed by atoms with Gasteiger partial charge in [-0.2, -0.15) is 0 Å². The standard InChI is InChI=1S/C28H35N3O3/c32-27-12-11-26(29-27)25(23-9-5-2-6-10-23)13-14-30-15-17-31(18-16-30)28-21-33-24(20-34-28)19-22-7-3-1-4-8-22/h1-3,5-7,9-10,20-21,25-26H,4,8,11-19H2,(H,29,32). The quantitative estimate of drug-likeness (QED) is 0.622. The SMILES string of the molecule is O=C1CCC(C(CCN2CCN(C3=COC(CC4=CC=CCC4)=CO3)CC2)c2ccccc2)N1. The fraction of sp³-hybridized carbons (Fsp3) is 0.464. The monoisotopic (exact) mass is 461 g/mol. The number of rotatable bonds is 8. The summed E-state index contributed by atoms with van der Waals surface area (Å²) in [6, 6.07) is 10.9. The van der Waals surface area contributed by atoms with Crippen molar-refractivity contribution in [3.05, 3.63) is 83.9 Å². The van der Waals surface area contributed by atoms with Crippen LogP contribution in [-0.4, -0.2) is 54.5 Å². The van der Waals surface area contributed by atoms with Gasteiger partial charge in [0.1, 0.15) is 12.0 Å². The van der Waals surface area contributed by atoms with Gasteiger partial charge in [-0.3, -0.25) is 9.69 Å². The average Bonchev–Trinajstić information content (AvgIpc) is 3.32. The van der Waals surface area contributed by atoms with E-state index in [0.717, 1.165) is 76.5 Å². The van der Waals surface area contributed by atoms with Crippen LogP contribution in [0.2, 0.25) is 0 Å². The summed E-state index contributed by atoms with van der Waals surface area (Å²) in [5.41, 5.74) is 2.71. The van der Waals surface area contributed by atoms with Crippen LogP contribution >= 0.6 is 0 Å². The molecule has 0 aromatic heterocycles. The predicted octanol–water partition coefficient (Wildman–Crippen LogP) is 4.41. The molecule has 6 heteroatoms. The van der Waals surface area contributed by atoms with Crippen LogP contribution in [0.1, 0.15) is 50.0 Å². The second-order valence-corrected chi connectivity index (χ2v) is 9.59. The van der Waals surface area contributed by atoms with Crippen LogP contribution in [0.4, 0.5) is 0 Å². The number of amides is 1. The molecule has 2 unspecified atom stereocenters. The first-order chi connectivity index (χ1) is 16.7. The Bertz CT molecular complexity index is 974. The summed E-state index contributed by atoms with van der Waals surface area (Å²) in [6.07, 6.45) is 15.7. The molecule has 1 aromatic rings. The number of piperazine rings is 1. The van der Waals surface area contributed by atoms with Gasteiger partial charge in [0.05, 0.1) is 0 Å². The van der Waals surface area contributed by atoms with E-state index in [0.29, 0.717) is 12.3 Å². The first kappa shape index (κ1) is 22.8. The van der Waals surface area contributed by atoms with Gasteiger partial charge < -0.3 is 19.7 Å². The number of carbonyl (C=O) groups is 1. The molecule has 1 aromatic carbocycles. The average molecular weight is 462 g/mol. The molecular formula is C28H35N3O3. The smallest absolute Gasteiger partial charge is 0.231 e. The second-order valence-electron chi connectivity index (χ2n) is 9.59. The first-order valence-electron chi connectivity index (χ1n) is 12.6. The summed E-state index contributed by atoms with van der Waals surface area (Å²) in [6.45, 7) is 4.86. The zero-order chi connectivity index (χ0) is 23.2. The van der Waals surface area contributed by atoms with Crippen molar-refractivity contribution in [1.29, 1.82) is 0 Å². The Balaban J connectivity index is 1.09. The number of benzene rings is 1. The number of nitrogens with zero attached hydrogens (tertiary/aromatic N) is 2. The minimum Gasteiger partial charge on any atom is -0.460 e. The molecule has 1 aliphatic carbocycles. The number of nitrogens with one attached hydrogen (secondary N) is 1. The minimum absolute atomic E-state index is 0.187. The van der Waals surface area contributed by atoms with E-state index in [2.05, 4.69) is 63.7 Å². The number of carbonyl (C=O) groups excluding carboxylic acids is 1. The van der Waals surface area contributed by atoms with Crippen LogP contribution in [0.3, 0.4) is 0 Å². The van der Waals surface area contributed by atoms with Crippen LogP contribution in [0.5, 0.6) is 0 Å². The second kappa shape index (κ2) is 11.0. The van der Waals surface area contributed by atoms with Crippen molar-refractivity contribution in [3.63, 3.8) is 0 Å². The molecule has 5 rings (SSSR count). The lowest BCUT2D eigenvalue weighted by atomic mass is 9.87. The van der Waals surface area contributed by atoms with E-state index < -0.39 is 0 Å². The zero-order valence-electron chi connectivity index (χ0n) is 19.8. The van der Waals surface area contributed by atoms with Crippen molar-refractivity contribution < 1.29 is 14.3 Å². The lowest BCUT2D eigenvalue weighted by molar-refractivity contribution is -0.119. The molecule has 2 fully saturated rings. The highest BCUT2D eigenvalue weighted by Crippen LogP contribution is 2.30. The summed E-state index contributed by atoms with van der Waals surface area (Å²) in [7, 11) is 0. The number of hydrogen-bond acceptors (Lipinski definition) is 5. The molecule has 1 amide bonds. The van der Waals surface area contributed by atoms with Crippen molar-refractivity contribution in [2.75, 3.05) is 32.7 Å². The molecule has 34 heavy (non-hydrogen) atoms. The molecule has 180 valence electrons. The summed E-state index contributed by atoms with van der Waals surface area (Å²) in [4.78, 5) is 16.6. The predicted molar refractivity (Wildman–Crippen MR) is 132 cm³/mol. The molecule has 0 spiro atoms. The van der Waals surface area contributed by atoms with Gasteiger partial charge in [-0.1, -0.05) is 54.1 Å². The highest BCUT2D eigenvalue weighted by molar-refractivity contribution is 5.78. The van der Waals surface area contributed by atoms with Crippen LogP contribution in [-0.2, 0) is 14.3 Å². The molecule has 3 aliphatic heterocycles. The fourth-order valence-electron chi connectivity index (χ4n) is 5.32. The lowest BCUT2D eigenvalue weighted by Gasteiger charge is -2.37. The van der Waals surface area contributed by atoms with Crippen molar-refractivity contribution in [1.82, 2.24) is 15.1 Å². The van der Waals surface area contributed by atoms with E-state index in [9.17, 15) is 4.79 Å². The van der Waals surface area contributed by atoms with E-state index in [-0.39, 0.29) is 11.9 Å². The van der Waals surface area contributed by atoms with E-state index in [1.54, 1.807) is 12.5 Å². The van der Waals surface area contributed by atoms with Crippen molar-refractivity contribution in [3.8, 4) is 0 Å². The topological polar surface area (TPSA) is 54.0 Å². The first-order valence-corrected chi connectivity index (χ1v) is 12.6. The molecule has 3 heterocycles. The molecule has 2 saturated heterocycles. The highest BCUT2D eigenvalue weighted by Gasteiger charge is 2.30. The highest BCUT2D eigenvalue weighted by atomic mass is 16.6. The Labute approximate surface area is 202 Å². The van der Waals surface area contributed by atoms with Crippen molar-refractivity contribution in [2.24, 2.45) is 0 Å². The minimum atomic E-state index is 0.187. The van der Waals surface area contributed by atoms with Crippen LogP contribution in [0.15, 0.2) is 78.3 Å². The van der Waals surface area contributed by atoms with E-state index in [1.807, 2.05) is 0 Å². The van der Waals surface area contributed by atoms with Gasteiger partial charge in [-0.05, 0) is 37.8 Å². The summed E-state index contributed by atoms with van der Waals surface area (Å²) in [5, 5.41) is 3.20. The van der Waals surface area contributed by atoms with Gasteiger partial charge in [0.2, 0.25) is 11.8 Å². The molecule has 0 radical (unpaired) electrons. The lowest BCUT2D eigenvalue weighted by Crippen LogP contribution is -2.47. The summed E-state index contributed by atoms with van der Waals surface area (Å²) < 4.78 is 11.8. The maximum atomic E-state index is 11.8. The Morgan fingerprint density at radius 2 is 1.88 bits per heavy atom. The van der Waals surface area contributed by atoms with Gasteiger partial charge in [-0.15, -0.1) is 0 Å². The summed E-state index contributed by atoms with van der Waals surface area (Å²) >= 11 is 0. The Morgan fingerprint density at radius 3 is 2.56 bits per heavy atom. The number of hydrogen-bond donors (Lipinski definition) is 1. The molecule has 0 bridgehead atoms. The Hall–Kier alpha value is -2.99. The Kier molecular flexibility index (Phi) is 7.34. The van der Waals surface area contributed by atoms with E-state index in [1.165, 1.54) is 11.1 Å². The third kappa shape index (κ3) is 5.73. The Morgan fingerprint density at radius 1 is 1.03 bits per heavy atom. The number of allylic oxidation sites excluding steroid dienone is 4. The van der Waals surface area contributed by atoms with Gasteiger partial charge >= 0.3 is 0 Å². The van der Waals surface area contributed by atoms with Crippen LogP contribution < -0.4 is 5.32 Å². The molecule has 6 nitrogen and oxygen atoms in total. The third-order valence-corrected chi connectivity index (χ3v) is 7.31. The molecular weight excluding hydrogens is 426 g/mol. The van der Waals surface area contributed by atoms with Crippen LogP contribution in [0.25, 0.3) is 0 Å². The van der Waals surface area contributed by atoms with Gasteiger partial charge in [0.15, 0.2) is 6.26 Å². The van der Waals surface area contributed by atoms with Crippen LogP contribution in [0, 0.1) is 0 Å². The third-order valence-electron chi connectivity index (χ3n) is 7.31. The van der Waals surface area contributed by atoms with E-state index in [4.69, 9.17) is 9.47 Å². The van der Waals surface area contributed by atoms with Gasteiger partial charge in [0, 0.05) is 51.0 Å². The molecule has 2 atom stereocenters. The zero-order valence-corrected chi connectivity index (χ0v) is 19.8. The van der Waals surface area contributed by atoms with Crippen molar-refractivity contribution >= 4 is 5.91 Å². The largest absolute Gasteiger partial charge is 0.460 e. The maximum absolute atomic E-state index is 11.8.